The maximum Gasteiger partial charge on any atom is 0.410 e. The smallest absolute Gasteiger partial charge is 0.410 e. The minimum atomic E-state index is -0.501. The van der Waals surface area contributed by atoms with Crippen LogP contribution < -0.4 is 4.74 Å². The number of rotatable bonds is 5. The van der Waals surface area contributed by atoms with Crippen molar-refractivity contribution in [3.05, 3.63) is 41.5 Å². The molecule has 40 heavy (non-hydrogen) atoms. The Kier molecular flexibility index (Phi) is 7.90. The molecule has 3 aromatic heterocycles. The summed E-state index contributed by atoms with van der Waals surface area (Å²) in [5.74, 6) is 1.03. The molecule has 5 rings (SSSR count). The molecule has 10 heteroatoms. The molecule has 1 amide bonds. The van der Waals surface area contributed by atoms with Crippen molar-refractivity contribution in [3.63, 3.8) is 0 Å². The number of carbonyl (C=O) groups is 1. The first-order valence-electron chi connectivity index (χ1n) is 14.3. The number of methoxy groups -OCH3 is 1. The molecule has 216 valence electrons. The van der Waals surface area contributed by atoms with Gasteiger partial charge in [-0.05, 0) is 72.8 Å². The van der Waals surface area contributed by atoms with Gasteiger partial charge in [0.25, 0.3) is 0 Å². The molecule has 1 fully saturated rings. The van der Waals surface area contributed by atoms with Gasteiger partial charge < -0.3 is 19.1 Å². The molecule has 0 aliphatic carbocycles. The Balaban J connectivity index is 1.36. The van der Waals surface area contributed by atoms with Crippen LogP contribution >= 0.6 is 0 Å². The van der Waals surface area contributed by atoms with Crippen LogP contribution in [0, 0.1) is 12.8 Å². The number of aromatic nitrogens is 5. The van der Waals surface area contributed by atoms with Gasteiger partial charge in [-0.3, -0.25) is 4.68 Å². The molecule has 5 heterocycles. The largest absolute Gasteiger partial charge is 0.481 e. The van der Waals surface area contributed by atoms with E-state index in [-0.39, 0.29) is 18.2 Å². The van der Waals surface area contributed by atoms with Crippen molar-refractivity contribution >= 4 is 6.09 Å². The van der Waals surface area contributed by atoms with Crippen molar-refractivity contribution in [1.82, 2.24) is 29.4 Å². The minimum Gasteiger partial charge on any atom is -0.481 e. The van der Waals surface area contributed by atoms with Crippen LogP contribution in [0.4, 0.5) is 4.79 Å². The number of fused-ring (bicyclic) bond motifs is 1. The summed E-state index contributed by atoms with van der Waals surface area (Å²) in [7, 11) is 1.63. The van der Waals surface area contributed by atoms with E-state index < -0.39 is 5.60 Å². The molecule has 1 saturated heterocycles. The van der Waals surface area contributed by atoms with E-state index in [1.165, 1.54) is 5.56 Å². The summed E-state index contributed by atoms with van der Waals surface area (Å²) in [6, 6.07) is 2.27. The van der Waals surface area contributed by atoms with Crippen molar-refractivity contribution in [2.75, 3.05) is 20.3 Å². The standard InChI is InChI=1S/C30H42N6O4/c1-19-12-24(16-31-28(19)38-7)36-26-9-11-39-10-8-25(26)27(33-36)23-15-32-34(18-23)17-22-13-20(2)35(21(3)14-22)29(37)40-30(4,5)6/h12,15-16,18,20-22H,8-11,13-14,17H2,1-7H3/t20-,21+,22?. The zero-order valence-corrected chi connectivity index (χ0v) is 24.8. The molecule has 0 saturated carbocycles. The number of hydrogen-bond acceptors (Lipinski definition) is 7. The third-order valence-electron chi connectivity index (χ3n) is 7.78. The SMILES string of the molecule is COc1ncc(-n2nc(-c3cnn(CC4C[C@@H](C)N(C(=O)OC(C)(C)C)[C@@H](C)C4)c3)c3c2CCOCC3)cc1C. The van der Waals surface area contributed by atoms with Crippen LogP contribution in [0.25, 0.3) is 16.9 Å². The maximum atomic E-state index is 12.8. The molecule has 2 aliphatic rings. The second kappa shape index (κ2) is 11.2. The molecule has 0 bridgehead atoms. The molecule has 0 spiro atoms. The molecule has 0 radical (unpaired) electrons. The lowest BCUT2D eigenvalue weighted by Gasteiger charge is -2.42. The van der Waals surface area contributed by atoms with Crippen molar-refractivity contribution < 1.29 is 19.0 Å². The fraction of sp³-hybridized carbons (Fsp3) is 0.600. The predicted molar refractivity (Wildman–Crippen MR) is 152 cm³/mol. The van der Waals surface area contributed by atoms with Gasteiger partial charge in [-0.25, -0.2) is 14.5 Å². The lowest BCUT2D eigenvalue weighted by Crippen LogP contribution is -2.51. The van der Waals surface area contributed by atoms with Crippen LogP contribution in [-0.2, 0) is 28.9 Å². The summed E-state index contributed by atoms with van der Waals surface area (Å²) in [4.78, 5) is 19.2. The number of ether oxygens (including phenoxy) is 3. The Labute approximate surface area is 236 Å². The average Bonchev–Trinajstić information content (AvgIpc) is 3.39. The van der Waals surface area contributed by atoms with Crippen LogP contribution in [0.1, 0.15) is 64.3 Å². The zero-order valence-electron chi connectivity index (χ0n) is 24.8. The summed E-state index contributed by atoms with van der Waals surface area (Å²) < 4.78 is 20.9. The van der Waals surface area contributed by atoms with Crippen LogP contribution in [0.15, 0.2) is 24.7 Å². The summed E-state index contributed by atoms with van der Waals surface area (Å²) in [6.07, 6.45) is 9.00. The molecule has 0 N–H and O–H groups in total. The monoisotopic (exact) mass is 550 g/mol. The van der Waals surface area contributed by atoms with Crippen LogP contribution in [0.5, 0.6) is 5.88 Å². The summed E-state index contributed by atoms with van der Waals surface area (Å²) in [5.41, 5.74) is 5.68. The van der Waals surface area contributed by atoms with E-state index in [0.717, 1.165) is 60.4 Å². The van der Waals surface area contributed by atoms with E-state index in [4.69, 9.17) is 24.4 Å². The first kappa shape index (κ1) is 28.1. The van der Waals surface area contributed by atoms with Gasteiger partial charge in [-0.15, -0.1) is 0 Å². The lowest BCUT2D eigenvalue weighted by molar-refractivity contribution is -0.00864. The molecular formula is C30H42N6O4. The number of carbonyl (C=O) groups excluding carboxylic acids is 1. The molecule has 3 atom stereocenters. The highest BCUT2D eigenvalue weighted by atomic mass is 16.6. The molecule has 1 unspecified atom stereocenters. The number of amides is 1. The van der Waals surface area contributed by atoms with Gasteiger partial charge in [-0.1, -0.05) is 0 Å². The summed E-state index contributed by atoms with van der Waals surface area (Å²) >= 11 is 0. The van der Waals surface area contributed by atoms with Crippen LogP contribution in [-0.4, -0.2) is 73.5 Å². The first-order valence-corrected chi connectivity index (χ1v) is 14.3. The average molecular weight is 551 g/mol. The van der Waals surface area contributed by atoms with Gasteiger partial charge in [0.1, 0.15) is 5.60 Å². The highest BCUT2D eigenvalue weighted by molar-refractivity contribution is 5.69. The van der Waals surface area contributed by atoms with Gasteiger partial charge in [-0.2, -0.15) is 10.2 Å². The van der Waals surface area contributed by atoms with E-state index in [2.05, 4.69) is 31.1 Å². The number of nitrogens with zero attached hydrogens (tertiary/aromatic N) is 6. The molecular weight excluding hydrogens is 508 g/mol. The minimum absolute atomic E-state index is 0.103. The number of piperidine rings is 1. The Morgan fingerprint density at radius 1 is 1.12 bits per heavy atom. The van der Waals surface area contributed by atoms with E-state index in [1.54, 1.807) is 7.11 Å². The Morgan fingerprint density at radius 3 is 2.52 bits per heavy atom. The number of likely N-dealkylation sites (tertiary alicyclic amines) is 1. The van der Waals surface area contributed by atoms with Gasteiger partial charge in [0.2, 0.25) is 5.88 Å². The number of aryl methyl sites for hydroxylation is 1. The van der Waals surface area contributed by atoms with Gasteiger partial charge in [0, 0.05) is 47.9 Å². The Bertz CT molecular complexity index is 1340. The maximum absolute atomic E-state index is 12.8. The van der Waals surface area contributed by atoms with Gasteiger partial charge in [0.05, 0.1) is 49.8 Å². The molecule has 3 aromatic rings. The second-order valence-corrected chi connectivity index (χ2v) is 12.2. The molecule has 10 nitrogen and oxygen atoms in total. The van der Waals surface area contributed by atoms with Crippen molar-refractivity contribution in [2.45, 2.75) is 91.5 Å². The normalized spacial score (nSPS) is 21.6. The van der Waals surface area contributed by atoms with Crippen molar-refractivity contribution in [2.24, 2.45) is 5.92 Å². The summed E-state index contributed by atoms with van der Waals surface area (Å²) in [6.45, 7) is 14.1. The third-order valence-corrected chi connectivity index (χ3v) is 7.78. The van der Waals surface area contributed by atoms with Crippen molar-refractivity contribution in [3.8, 4) is 22.8 Å². The highest BCUT2D eigenvalue weighted by Crippen LogP contribution is 2.33. The Hall–Kier alpha value is -3.40. The fourth-order valence-corrected chi connectivity index (χ4v) is 6.17. The zero-order chi connectivity index (χ0) is 28.6. The van der Waals surface area contributed by atoms with E-state index >= 15 is 0 Å². The van der Waals surface area contributed by atoms with Gasteiger partial charge in [0.15, 0.2) is 0 Å². The van der Waals surface area contributed by atoms with Crippen molar-refractivity contribution in [1.29, 1.82) is 0 Å². The topological polar surface area (TPSA) is 96.5 Å². The quantitative estimate of drug-likeness (QED) is 0.442. The van der Waals surface area contributed by atoms with Gasteiger partial charge >= 0.3 is 6.09 Å². The second-order valence-electron chi connectivity index (χ2n) is 12.2. The summed E-state index contributed by atoms with van der Waals surface area (Å²) in [5, 5.41) is 9.81. The number of pyridine rings is 1. The highest BCUT2D eigenvalue weighted by Gasteiger charge is 2.36. The fourth-order valence-electron chi connectivity index (χ4n) is 6.17. The number of hydrogen-bond donors (Lipinski definition) is 0. The third kappa shape index (κ3) is 5.87. The van der Waals surface area contributed by atoms with E-state index in [0.29, 0.717) is 25.0 Å². The predicted octanol–water partition coefficient (Wildman–Crippen LogP) is 4.99. The molecule has 2 aliphatic heterocycles. The Morgan fingerprint density at radius 2 is 1.85 bits per heavy atom. The lowest BCUT2D eigenvalue weighted by atomic mass is 9.87. The van der Waals surface area contributed by atoms with E-state index in [9.17, 15) is 4.79 Å². The van der Waals surface area contributed by atoms with Crippen LogP contribution in [0.2, 0.25) is 0 Å². The first-order chi connectivity index (χ1) is 19.0. The van der Waals surface area contributed by atoms with Crippen LogP contribution in [0.3, 0.4) is 0 Å². The van der Waals surface area contributed by atoms with E-state index in [1.807, 2.05) is 54.4 Å². The molecule has 0 aromatic carbocycles.